The molecule has 70 heavy (non-hydrogen) atoms. The average Bonchev–Trinajstić information content (AvgIpc) is 3.98. The summed E-state index contributed by atoms with van der Waals surface area (Å²) in [6, 6.07) is 88.9. The molecule has 0 atom stereocenters. The summed E-state index contributed by atoms with van der Waals surface area (Å²) in [4.78, 5) is 15.9. The Kier molecular flexibility index (Phi) is 9.14. The van der Waals surface area contributed by atoms with Crippen molar-refractivity contribution in [3.05, 3.63) is 249 Å². The van der Waals surface area contributed by atoms with Crippen LogP contribution >= 0.6 is 0 Å². The van der Waals surface area contributed by atoms with E-state index in [1.165, 1.54) is 49.0 Å². The van der Waals surface area contributed by atoms with Gasteiger partial charge in [-0.2, -0.15) is 9.97 Å². The molecule has 3 aromatic heterocycles. The van der Waals surface area contributed by atoms with E-state index in [1.54, 1.807) is 0 Å². The standard InChI is InChI=1S/C65H41N5/c1-5-20-42(21-6-1)46-28-19-29-47(38-46)64-66-63(45-26-11-4-12-27-45)67-65(68-64)70-56-35-18-17-34-55(56)59-57(70)36-37-58-61(59)60-53-32-15-13-30-51(53)52-31-14-16-33-54(52)62(60)69(58)50-40-48(43-22-7-2-8-23-43)39-49(41-50)44-24-9-3-10-25-44/h1-41H. The van der Waals surface area contributed by atoms with Gasteiger partial charge in [-0.1, -0.05) is 206 Å². The van der Waals surface area contributed by atoms with Crippen molar-refractivity contribution >= 4 is 65.2 Å². The lowest BCUT2D eigenvalue weighted by molar-refractivity contribution is 0.953. The molecule has 0 fully saturated rings. The van der Waals surface area contributed by atoms with Crippen LogP contribution in [0.5, 0.6) is 0 Å². The van der Waals surface area contributed by atoms with Crippen molar-refractivity contribution in [2.45, 2.75) is 0 Å². The minimum Gasteiger partial charge on any atom is -0.309 e. The van der Waals surface area contributed by atoms with Crippen molar-refractivity contribution in [2.75, 3.05) is 0 Å². The number of hydrogen-bond acceptors (Lipinski definition) is 3. The molecule has 0 aliphatic rings. The molecule has 326 valence electrons. The SMILES string of the molecule is c1ccc(-c2cccc(-c3nc(-c4ccccc4)nc(-n4c5ccccc5c5c6c7c8ccccc8c8ccccc8c7n(-c7cc(-c8ccccc8)cc(-c8ccccc8)c7)c6ccc54)n3)c2)cc1. The van der Waals surface area contributed by atoms with E-state index < -0.39 is 0 Å². The van der Waals surface area contributed by atoms with E-state index in [4.69, 9.17) is 15.0 Å². The van der Waals surface area contributed by atoms with E-state index in [-0.39, 0.29) is 0 Å². The summed E-state index contributed by atoms with van der Waals surface area (Å²) >= 11 is 0. The topological polar surface area (TPSA) is 48.5 Å². The predicted molar refractivity (Wildman–Crippen MR) is 291 cm³/mol. The minimum atomic E-state index is 0.557. The Bertz CT molecular complexity index is 4270. The molecular weight excluding hydrogens is 851 g/mol. The highest BCUT2D eigenvalue weighted by Crippen LogP contribution is 2.48. The first-order chi connectivity index (χ1) is 34.7. The van der Waals surface area contributed by atoms with Crippen molar-refractivity contribution < 1.29 is 0 Å². The van der Waals surface area contributed by atoms with Crippen molar-refractivity contribution in [2.24, 2.45) is 0 Å². The molecule has 0 radical (unpaired) electrons. The number of aromatic nitrogens is 5. The normalized spacial score (nSPS) is 11.7. The first-order valence-corrected chi connectivity index (χ1v) is 23.8. The Hall–Kier alpha value is -9.45. The van der Waals surface area contributed by atoms with Crippen LogP contribution in [-0.2, 0) is 0 Å². The van der Waals surface area contributed by atoms with Gasteiger partial charge >= 0.3 is 0 Å². The van der Waals surface area contributed by atoms with E-state index in [0.29, 0.717) is 17.6 Å². The summed E-state index contributed by atoms with van der Waals surface area (Å²) in [5.74, 6) is 1.77. The van der Waals surface area contributed by atoms with Gasteiger partial charge in [0.05, 0.1) is 22.1 Å². The third-order valence-corrected chi connectivity index (χ3v) is 13.9. The lowest BCUT2D eigenvalue weighted by atomic mass is 9.95. The summed E-state index contributed by atoms with van der Waals surface area (Å²) in [7, 11) is 0. The molecule has 0 aliphatic carbocycles. The second-order valence-corrected chi connectivity index (χ2v) is 18.0. The van der Waals surface area contributed by atoms with Gasteiger partial charge in [0.1, 0.15) is 0 Å². The van der Waals surface area contributed by atoms with E-state index >= 15 is 0 Å². The number of hydrogen-bond donors (Lipinski definition) is 0. The van der Waals surface area contributed by atoms with Gasteiger partial charge in [-0.05, 0) is 92.0 Å². The fourth-order valence-corrected chi connectivity index (χ4v) is 10.8. The summed E-state index contributed by atoms with van der Waals surface area (Å²) < 4.78 is 4.77. The molecule has 0 N–H and O–H groups in total. The highest BCUT2D eigenvalue weighted by molar-refractivity contribution is 6.38. The number of rotatable bonds is 7. The molecule has 0 aliphatic heterocycles. The number of para-hydroxylation sites is 1. The van der Waals surface area contributed by atoms with Crippen molar-refractivity contribution in [3.8, 4) is 67.8 Å². The van der Waals surface area contributed by atoms with Gasteiger partial charge < -0.3 is 4.57 Å². The summed E-state index contributed by atoms with van der Waals surface area (Å²) in [5, 5.41) is 9.51. The Morgan fingerprint density at radius 3 is 1.31 bits per heavy atom. The minimum absolute atomic E-state index is 0.557. The highest BCUT2D eigenvalue weighted by Gasteiger charge is 2.26. The van der Waals surface area contributed by atoms with Gasteiger partial charge in [0.25, 0.3) is 0 Å². The fourth-order valence-electron chi connectivity index (χ4n) is 10.8. The monoisotopic (exact) mass is 891 g/mol. The molecule has 0 amide bonds. The molecular formula is C65H41N5. The van der Waals surface area contributed by atoms with Gasteiger partial charge in [-0.3, -0.25) is 4.57 Å². The number of benzene rings is 11. The predicted octanol–water partition coefficient (Wildman–Crippen LogP) is 16.7. The zero-order chi connectivity index (χ0) is 46.1. The summed E-state index contributed by atoms with van der Waals surface area (Å²) in [5.41, 5.74) is 14.1. The maximum absolute atomic E-state index is 5.41. The molecule has 14 rings (SSSR count). The van der Waals surface area contributed by atoms with Crippen LogP contribution in [0.3, 0.4) is 0 Å². The Morgan fingerprint density at radius 1 is 0.243 bits per heavy atom. The van der Waals surface area contributed by atoms with Crippen molar-refractivity contribution in [1.82, 2.24) is 24.1 Å². The van der Waals surface area contributed by atoms with E-state index in [1.807, 2.05) is 24.3 Å². The van der Waals surface area contributed by atoms with Crippen LogP contribution in [0.2, 0.25) is 0 Å². The van der Waals surface area contributed by atoms with Crippen LogP contribution in [0.1, 0.15) is 0 Å². The molecule has 0 unspecified atom stereocenters. The first-order valence-electron chi connectivity index (χ1n) is 23.8. The smallest absolute Gasteiger partial charge is 0.238 e. The van der Waals surface area contributed by atoms with E-state index in [9.17, 15) is 0 Å². The molecule has 11 aromatic carbocycles. The van der Waals surface area contributed by atoms with Crippen LogP contribution in [0.4, 0.5) is 0 Å². The van der Waals surface area contributed by atoms with Crippen molar-refractivity contribution in [3.63, 3.8) is 0 Å². The summed E-state index contributed by atoms with van der Waals surface area (Å²) in [6.07, 6.45) is 0. The van der Waals surface area contributed by atoms with Gasteiger partial charge in [-0.25, -0.2) is 4.98 Å². The van der Waals surface area contributed by atoms with Gasteiger partial charge in [0.2, 0.25) is 5.95 Å². The molecule has 0 saturated heterocycles. The third-order valence-electron chi connectivity index (χ3n) is 13.9. The molecule has 0 bridgehead atoms. The quantitative estimate of drug-likeness (QED) is 0.150. The number of fused-ring (bicyclic) bond motifs is 12. The van der Waals surface area contributed by atoms with Crippen LogP contribution in [0.15, 0.2) is 249 Å². The van der Waals surface area contributed by atoms with Crippen LogP contribution in [0, 0.1) is 0 Å². The maximum atomic E-state index is 5.41. The number of nitrogens with zero attached hydrogens (tertiary/aromatic N) is 5. The second-order valence-electron chi connectivity index (χ2n) is 18.0. The lowest BCUT2D eigenvalue weighted by Crippen LogP contribution is -2.06. The van der Waals surface area contributed by atoms with E-state index in [0.717, 1.165) is 66.4 Å². The zero-order valence-corrected chi connectivity index (χ0v) is 37.9. The zero-order valence-electron chi connectivity index (χ0n) is 37.9. The molecule has 5 nitrogen and oxygen atoms in total. The maximum Gasteiger partial charge on any atom is 0.238 e. The Morgan fingerprint density at radius 2 is 0.686 bits per heavy atom. The van der Waals surface area contributed by atoms with E-state index in [2.05, 4.69) is 234 Å². The fraction of sp³-hybridized carbons (Fsp3) is 0. The van der Waals surface area contributed by atoms with Gasteiger partial charge in [-0.15, -0.1) is 0 Å². The molecule has 0 saturated carbocycles. The third kappa shape index (κ3) is 6.36. The van der Waals surface area contributed by atoms with Gasteiger partial charge in [0, 0.05) is 43.7 Å². The van der Waals surface area contributed by atoms with Crippen LogP contribution in [0.25, 0.3) is 133 Å². The van der Waals surface area contributed by atoms with Gasteiger partial charge in [0.15, 0.2) is 11.6 Å². The largest absolute Gasteiger partial charge is 0.309 e. The molecule has 14 aromatic rings. The van der Waals surface area contributed by atoms with Crippen LogP contribution in [-0.4, -0.2) is 24.1 Å². The first kappa shape index (κ1) is 39.7. The molecule has 5 heteroatoms. The molecule has 3 heterocycles. The second kappa shape index (κ2) is 16.1. The average molecular weight is 892 g/mol. The Labute approximate surface area is 403 Å². The molecule has 0 spiro atoms. The van der Waals surface area contributed by atoms with Crippen molar-refractivity contribution in [1.29, 1.82) is 0 Å². The highest BCUT2D eigenvalue weighted by atomic mass is 15.2. The Balaban J connectivity index is 1.11. The lowest BCUT2D eigenvalue weighted by Gasteiger charge is -2.15. The van der Waals surface area contributed by atoms with Crippen LogP contribution < -0.4 is 0 Å². The summed E-state index contributed by atoms with van der Waals surface area (Å²) in [6.45, 7) is 0.